The molecule has 1 heterocycles. The van der Waals surface area contributed by atoms with E-state index in [1.54, 1.807) is 6.08 Å². The number of benzene rings is 3. The number of hydrogen-bond acceptors (Lipinski definition) is 3. The van der Waals surface area contributed by atoms with Gasteiger partial charge in [-0.15, -0.1) is 0 Å². The van der Waals surface area contributed by atoms with Crippen molar-refractivity contribution >= 4 is 33.2 Å². The predicted octanol–water partition coefficient (Wildman–Crippen LogP) is 8.20. The van der Waals surface area contributed by atoms with Gasteiger partial charge in [0.05, 0.1) is 12.9 Å². The molecule has 1 saturated carbocycles. The van der Waals surface area contributed by atoms with Crippen molar-refractivity contribution in [2.75, 3.05) is 6.61 Å². The molecule has 3 aromatic carbocycles. The maximum absolute atomic E-state index is 13.0. The number of allylic oxidation sites excluding steroid dienone is 1. The fraction of sp³-hybridized carbons (Fsp3) is 0.344. The lowest BCUT2D eigenvalue weighted by Crippen LogP contribution is -2.33. The summed E-state index contributed by atoms with van der Waals surface area (Å²) in [6, 6.07) is 17.2. The molecule has 1 N–H and O–H groups in total. The quantitative estimate of drug-likeness (QED) is 0.223. The van der Waals surface area contributed by atoms with Crippen LogP contribution in [0, 0.1) is 6.92 Å². The number of furan rings is 1. The van der Waals surface area contributed by atoms with Crippen LogP contribution >= 0.6 is 0 Å². The maximum Gasteiger partial charge on any atom is 0.244 e. The summed E-state index contributed by atoms with van der Waals surface area (Å²) < 4.78 is 12.2. The Kier molecular flexibility index (Phi) is 7.13. The van der Waals surface area contributed by atoms with Crippen molar-refractivity contribution in [1.82, 2.24) is 5.32 Å². The van der Waals surface area contributed by atoms with E-state index in [1.807, 2.05) is 27.0 Å². The van der Waals surface area contributed by atoms with Crippen molar-refractivity contribution in [3.8, 4) is 16.9 Å². The Bertz CT molecular complexity index is 1420. The highest BCUT2D eigenvalue weighted by atomic mass is 16.5. The van der Waals surface area contributed by atoms with Crippen molar-refractivity contribution < 1.29 is 13.9 Å². The van der Waals surface area contributed by atoms with E-state index in [4.69, 9.17) is 9.15 Å². The molecule has 1 amide bonds. The summed E-state index contributed by atoms with van der Waals surface area (Å²) in [4.78, 5) is 13.0. The average Bonchev–Trinajstić information content (AvgIpc) is 3.14. The van der Waals surface area contributed by atoms with Gasteiger partial charge in [-0.2, -0.15) is 0 Å². The Morgan fingerprint density at radius 3 is 2.56 bits per heavy atom. The number of carbonyl (C=O) groups excluding carboxylic acids is 1. The molecule has 0 radical (unpaired) electrons. The highest BCUT2D eigenvalue weighted by molar-refractivity contribution is 6.07. The second-order valence-electron chi connectivity index (χ2n) is 9.89. The molecule has 0 unspecified atom stereocenters. The van der Waals surface area contributed by atoms with Crippen LogP contribution in [0.5, 0.6) is 5.75 Å². The van der Waals surface area contributed by atoms with Crippen molar-refractivity contribution in [3.63, 3.8) is 0 Å². The topological polar surface area (TPSA) is 51.5 Å². The minimum atomic E-state index is -0.0268. The molecule has 4 aromatic rings. The smallest absolute Gasteiger partial charge is 0.244 e. The molecule has 4 nitrogen and oxygen atoms in total. The van der Waals surface area contributed by atoms with Crippen LogP contribution in [0.2, 0.25) is 0 Å². The molecular formula is C32H35NO3. The van der Waals surface area contributed by atoms with Crippen LogP contribution in [0.25, 0.3) is 38.4 Å². The highest BCUT2D eigenvalue weighted by Crippen LogP contribution is 2.42. The van der Waals surface area contributed by atoms with Crippen LogP contribution in [-0.4, -0.2) is 18.6 Å². The van der Waals surface area contributed by atoms with E-state index in [0.717, 1.165) is 57.4 Å². The molecule has 0 bridgehead atoms. The monoisotopic (exact) mass is 481 g/mol. The second-order valence-corrected chi connectivity index (χ2v) is 9.89. The Labute approximate surface area is 213 Å². The second kappa shape index (κ2) is 10.6. The first-order chi connectivity index (χ1) is 17.6. The lowest BCUT2D eigenvalue weighted by atomic mass is 9.94. The number of rotatable bonds is 6. The number of amides is 1. The highest BCUT2D eigenvalue weighted by Gasteiger charge is 2.20. The Balaban J connectivity index is 1.58. The Hall–Kier alpha value is -3.53. The van der Waals surface area contributed by atoms with E-state index in [9.17, 15) is 4.79 Å². The van der Waals surface area contributed by atoms with Crippen molar-refractivity contribution in [2.24, 2.45) is 0 Å². The minimum absolute atomic E-state index is 0.0268. The van der Waals surface area contributed by atoms with Crippen LogP contribution < -0.4 is 10.1 Å². The van der Waals surface area contributed by atoms with Gasteiger partial charge in [0.1, 0.15) is 11.3 Å². The van der Waals surface area contributed by atoms with E-state index in [0.29, 0.717) is 6.61 Å². The van der Waals surface area contributed by atoms with Crippen LogP contribution in [0.1, 0.15) is 63.5 Å². The van der Waals surface area contributed by atoms with Gasteiger partial charge >= 0.3 is 0 Å². The molecule has 186 valence electrons. The first-order valence-corrected chi connectivity index (χ1v) is 13.2. The van der Waals surface area contributed by atoms with Gasteiger partial charge in [-0.3, -0.25) is 4.79 Å². The largest absolute Gasteiger partial charge is 0.493 e. The van der Waals surface area contributed by atoms with Gasteiger partial charge in [-0.1, -0.05) is 68.1 Å². The van der Waals surface area contributed by atoms with Gasteiger partial charge in [0.15, 0.2) is 0 Å². The zero-order valence-corrected chi connectivity index (χ0v) is 21.5. The molecule has 0 atom stereocenters. The SMILES string of the molecule is CCOc1c(/C(C)=C/C(=O)NC2CCCCCC2)cc2c(-c3cccc4ccccc34)coc2c1C. The summed E-state index contributed by atoms with van der Waals surface area (Å²) in [7, 11) is 0. The van der Waals surface area contributed by atoms with Crippen LogP contribution in [0.15, 0.2) is 65.3 Å². The normalized spacial score (nSPS) is 15.2. The summed E-state index contributed by atoms with van der Waals surface area (Å²) in [6.07, 6.45) is 10.6. The van der Waals surface area contributed by atoms with E-state index in [2.05, 4.69) is 53.8 Å². The third kappa shape index (κ3) is 4.77. The first kappa shape index (κ1) is 24.2. The average molecular weight is 482 g/mol. The number of aryl methyl sites for hydroxylation is 1. The summed E-state index contributed by atoms with van der Waals surface area (Å²) in [6.45, 7) is 6.55. The molecule has 4 heteroatoms. The molecule has 1 fully saturated rings. The van der Waals surface area contributed by atoms with Gasteiger partial charge < -0.3 is 14.5 Å². The molecule has 0 saturated heterocycles. The van der Waals surface area contributed by atoms with Gasteiger partial charge in [0.25, 0.3) is 0 Å². The number of nitrogens with one attached hydrogen (secondary N) is 1. The standard InChI is InChI=1S/C32H35NO3/c1-4-35-31-22(3)32-28(29(20-36-32)26-17-11-13-23-12-9-10-16-25(23)26)19-27(31)21(2)18-30(34)33-24-14-7-5-6-8-15-24/h9-13,16-20,24H,4-8,14-15H2,1-3H3,(H,33,34)/b21-18+. The van der Waals surface area contributed by atoms with E-state index in [-0.39, 0.29) is 11.9 Å². The van der Waals surface area contributed by atoms with Crippen LogP contribution in [-0.2, 0) is 4.79 Å². The Morgan fingerprint density at radius 2 is 1.78 bits per heavy atom. The Morgan fingerprint density at radius 1 is 1.03 bits per heavy atom. The molecular weight excluding hydrogens is 446 g/mol. The van der Waals surface area contributed by atoms with Crippen molar-refractivity contribution in [3.05, 3.63) is 72.0 Å². The van der Waals surface area contributed by atoms with Gasteiger partial charge in [-0.05, 0) is 61.6 Å². The molecule has 5 rings (SSSR count). The van der Waals surface area contributed by atoms with Gasteiger partial charge in [-0.25, -0.2) is 0 Å². The first-order valence-electron chi connectivity index (χ1n) is 13.2. The lowest BCUT2D eigenvalue weighted by Gasteiger charge is -2.17. The molecule has 36 heavy (non-hydrogen) atoms. The van der Waals surface area contributed by atoms with E-state index >= 15 is 0 Å². The predicted molar refractivity (Wildman–Crippen MR) is 148 cm³/mol. The number of ether oxygens (including phenoxy) is 1. The van der Waals surface area contributed by atoms with Crippen LogP contribution in [0.4, 0.5) is 0 Å². The summed E-state index contributed by atoms with van der Waals surface area (Å²) in [5.41, 5.74) is 5.77. The zero-order chi connectivity index (χ0) is 25.1. The summed E-state index contributed by atoms with van der Waals surface area (Å²) in [5.74, 6) is 0.751. The summed E-state index contributed by atoms with van der Waals surface area (Å²) in [5, 5.41) is 6.65. The molecule has 0 aliphatic heterocycles. The van der Waals surface area contributed by atoms with Gasteiger partial charge in [0.2, 0.25) is 5.91 Å². The fourth-order valence-electron chi connectivity index (χ4n) is 5.55. The third-order valence-electron chi connectivity index (χ3n) is 7.39. The molecule has 0 spiro atoms. The molecule has 1 aliphatic carbocycles. The van der Waals surface area contributed by atoms with E-state index in [1.165, 1.54) is 36.5 Å². The zero-order valence-electron chi connectivity index (χ0n) is 21.5. The fourth-order valence-corrected chi connectivity index (χ4v) is 5.55. The maximum atomic E-state index is 13.0. The van der Waals surface area contributed by atoms with Crippen molar-refractivity contribution in [1.29, 1.82) is 0 Å². The summed E-state index contributed by atoms with van der Waals surface area (Å²) >= 11 is 0. The van der Waals surface area contributed by atoms with Crippen molar-refractivity contribution in [2.45, 2.75) is 65.3 Å². The number of fused-ring (bicyclic) bond motifs is 2. The minimum Gasteiger partial charge on any atom is -0.493 e. The number of carbonyl (C=O) groups is 1. The van der Waals surface area contributed by atoms with Gasteiger partial charge in [0, 0.05) is 34.2 Å². The number of hydrogen-bond donors (Lipinski definition) is 1. The lowest BCUT2D eigenvalue weighted by molar-refractivity contribution is -0.117. The third-order valence-corrected chi connectivity index (χ3v) is 7.39. The molecule has 1 aromatic heterocycles. The van der Waals surface area contributed by atoms with E-state index < -0.39 is 0 Å². The molecule has 1 aliphatic rings. The van der Waals surface area contributed by atoms with Crippen LogP contribution in [0.3, 0.4) is 0 Å².